The molecular formula is C22H25N3O3. The molecule has 1 aliphatic rings. The molecule has 1 heterocycles. The molecule has 1 fully saturated rings. The van der Waals surface area contributed by atoms with E-state index < -0.39 is 23.4 Å². The van der Waals surface area contributed by atoms with Crippen LogP contribution in [0.15, 0.2) is 48.5 Å². The molecule has 6 heteroatoms. The van der Waals surface area contributed by atoms with Crippen molar-refractivity contribution in [3.05, 3.63) is 65.2 Å². The first-order valence-electron chi connectivity index (χ1n) is 9.32. The van der Waals surface area contributed by atoms with Crippen LogP contribution in [0, 0.1) is 6.92 Å². The first-order chi connectivity index (χ1) is 13.2. The average Bonchev–Trinajstić information content (AvgIpc) is 2.86. The maximum Gasteiger partial charge on any atom is 0.325 e. The van der Waals surface area contributed by atoms with E-state index in [1.807, 2.05) is 69.3 Å². The first kappa shape index (κ1) is 19.6. The second kappa shape index (κ2) is 7.46. The zero-order valence-electron chi connectivity index (χ0n) is 16.6. The SMILES string of the molecule is Cc1ccc([C@]2(C)NC(=O)N(CC(=O)Nc3ccccc3C(C)C)C2=O)cc1. The Balaban J connectivity index is 1.76. The molecule has 28 heavy (non-hydrogen) atoms. The standard InChI is InChI=1S/C22H25N3O3/c1-14(2)17-7-5-6-8-18(17)23-19(26)13-25-20(27)22(4,24-21(25)28)16-11-9-15(3)10-12-16/h5-12,14H,13H2,1-4H3,(H,23,26)(H,24,28)/t22-/m0/s1. The normalized spacial score (nSPS) is 19.1. The topological polar surface area (TPSA) is 78.5 Å². The van der Waals surface area contributed by atoms with Gasteiger partial charge in [-0.15, -0.1) is 0 Å². The lowest BCUT2D eigenvalue weighted by Crippen LogP contribution is -2.42. The van der Waals surface area contributed by atoms with E-state index in [9.17, 15) is 14.4 Å². The van der Waals surface area contributed by atoms with E-state index in [0.29, 0.717) is 11.3 Å². The number of aryl methyl sites for hydroxylation is 1. The van der Waals surface area contributed by atoms with E-state index in [-0.39, 0.29) is 12.5 Å². The lowest BCUT2D eigenvalue weighted by Gasteiger charge is -2.22. The third-order valence-corrected chi connectivity index (χ3v) is 5.06. The van der Waals surface area contributed by atoms with Crippen LogP contribution in [0.4, 0.5) is 10.5 Å². The fraction of sp³-hybridized carbons (Fsp3) is 0.318. The van der Waals surface area contributed by atoms with Crippen LogP contribution < -0.4 is 10.6 Å². The quantitative estimate of drug-likeness (QED) is 0.780. The van der Waals surface area contributed by atoms with Crippen molar-refractivity contribution in [1.82, 2.24) is 10.2 Å². The monoisotopic (exact) mass is 379 g/mol. The number of rotatable bonds is 5. The first-order valence-corrected chi connectivity index (χ1v) is 9.32. The van der Waals surface area contributed by atoms with Crippen molar-refractivity contribution in [1.29, 1.82) is 0 Å². The maximum atomic E-state index is 12.9. The maximum absolute atomic E-state index is 12.9. The fourth-order valence-electron chi connectivity index (χ4n) is 3.37. The van der Waals surface area contributed by atoms with E-state index in [4.69, 9.17) is 0 Å². The molecule has 1 aliphatic heterocycles. The van der Waals surface area contributed by atoms with Crippen LogP contribution in [-0.2, 0) is 15.1 Å². The number of para-hydroxylation sites is 1. The number of urea groups is 1. The Kier molecular flexibility index (Phi) is 5.23. The van der Waals surface area contributed by atoms with Gasteiger partial charge in [-0.25, -0.2) is 4.79 Å². The van der Waals surface area contributed by atoms with E-state index in [0.717, 1.165) is 16.0 Å². The van der Waals surface area contributed by atoms with Crippen LogP contribution in [0.2, 0.25) is 0 Å². The molecule has 0 aliphatic carbocycles. The third kappa shape index (κ3) is 3.63. The third-order valence-electron chi connectivity index (χ3n) is 5.06. The molecule has 0 spiro atoms. The van der Waals surface area contributed by atoms with Gasteiger partial charge in [-0.2, -0.15) is 0 Å². The van der Waals surface area contributed by atoms with E-state index in [1.165, 1.54) is 0 Å². The molecule has 4 amide bonds. The van der Waals surface area contributed by atoms with Gasteiger partial charge in [0, 0.05) is 5.69 Å². The Bertz CT molecular complexity index is 921. The van der Waals surface area contributed by atoms with E-state index in [2.05, 4.69) is 10.6 Å². The summed E-state index contributed by atoms with van der Waals surface area (Å²) in [5.74, 6) is -0.614. The average molecular weight is 379 g/mol. The molecule has 146 valence electrons. The van der Waals surface area contributed by atoms with Gasteiger partial charge in [0.05, 0.1) is 0 Å². The summed E-state index contributed by atoms with van der Waals surface area (Å²) in [6.45, 7) is 7.35. The molecule has 1 saturated heterocycles. The molecule has 0 bridgehead atoms. The zero-order valence-corrected chi connectivity index (χ0v) is 16.6. The molecule has 0 unspecified atom stereocenters. The summed E-state index contributed by atoms with van der Waals surface area (Å²) >= 11 is 0. The second-order valence-electron chi connectivity index (χ2n) is 7.60. The van der Waals surface area contributed by atoms with Crippen LogP contribution in [-0.4, -0.2) is 29.3 Å². The van der Waals surface area contributed by atoms with Gasteiger partial charge in [-0.1, -0.05) is 61.9 Å². The van der Waals surface area contributed by atoms with Gasteiger partial charge in [0.1, 0.15) is 12.1 Å². The van der Waals surface area contributed by atoms with Crippen molar-refractivity contribution < 1.29 is 14.4 Å². The van der Waals surface area contributed by atoms with Gasteiger partial charge in [0.2, 0.25) is 5.91 Å². The summed E-state index contributed by atoms with van der Waals surface area (Å²) < 4.78 is 0. The summed E-state index contributed by atoms with van der Waals surface area (Å²) in [5.41, 5.74) is 2.25. The van der Waals surface area contributed by atoms with Crippen LogP contribution in [0.5, 0.6) is 0 Å². The number of carbonyl (C=O) groups excluding carboxylic acids is 3. The van der Waals surface area contributed by atoms with E-state index in [1.54, 1.807) is 6.92 Å². The smallest absolute Gasteiger partial charge is 0.324 e. The van der Waals surface area contributed by atoms with Crippen molar-refractivity contribution in [2.45, 2.75) is 39.2 Å². The predicted octanol–water partition coefficient (Wildman–Crippen LogP) is 3.52. The number of nitrogens with zero attached hydrogens (tertiary/aromatic N) is 1. The number of hydrogen-bond donors (Lipinski definition) is 2. The van der Waals surface area contributed by atoms with Gasteiger partial charge < -0.3 is 10.6 Å². The summed E-state index contributed by atoms with van der Waals surface area (Å²) in [6, 6.07) is 14.3. The molecule has 2 aromatic carbocycles. The predicted molar refractivity (Wildman–Crippen MR) is 108 cm³/mol. The number of anilines is 1. The molecule has 3 rings (SSSR count). The zero-order chi connectivity index (χ0) is 20.5. The van der Waals surface area contributed by atoms with Crippen molar-refractivity contribution in [2.75, 3.05) is 11.9 Å². The number of hydrogen-bond acceptors (Lipinski definition) is 3. The Morgan fingerprint density at radius 1 is 1.11 bits per heavy atom. The summed E-state index contributed by atoms with van der Waals surface area (Å²) in [7, 11) is 0. The highest BCUT2D eigenvalue weighted by molar-refractivity contribution is 6.10. The fourth-order valence-corrected chi connectivity index (χ4v) is 3.37. The summed E-state index contributed by atoms with van der Waals surface area (Å²) in [6.07, 6.45) is 0. The van der Waals surface area contributed by atoms with E-state index >= 15 is 0 Å². The Hall–Kier alpha value is -3.15. The highest BCUT2D eigenvalue weighted by Gasteiger charge is 2.49. The number of imide groups is 1. The molecule has 1 atom stereocenters. The Morgan fingerprint density at radius 2 is 1.75 bits per heavy atom. The largest absolute Gasteiger partial charge is 0.325 e. The minimum atomic E-state index is -1.18. The van der Waals surface area contributed by atoms with Crippen molar-refractivity contribution in [3.8, 4) is 0 Å². The molecule has 2 aromatic rings. The highest BCUT2D eigenvalue weighted by atomic mass is 16.2. The molecular weight excluding hydrogens is 354 g/mol. The van der Waals surface area contributed by atoms with Crippen LogP contribution in [0.3, 0.4) is 0 Å². The van der Waals surface area contributed by atoms with Crippen molar-refractivity contribution in [2.24, 2.45) is 0 Å². The lowest BCUT2D eigenvalue weighted by molar-refractivity contribution is -0.133. The van der Waals surface area contributed by atoms with Crippen LogP contribution >= 0.6 is 0 Å². The Labute approximate surface area is 164 Å². The van der Waals surface area contributed by atoms with Crippen molar-refractivity contribution in [3.63, 3.8) is 0 Å². The molecule has 0 radical (unpaired) electrons. The number of carbonyl (C=O) groups is 3. The van der Waals surface area contributed by atoms with Crippen LogP contribution in [0.1, 0.15) is 43.4 Å². The lowest BCUT2D eigenvalue weighted by atomic mass is 9.91. The summed E-state index contributed by atoms with van der Waals surface area (Å²) in [4.78, 5) is 38.9. The minimum Gasteiger partial charge on any atom is -0.324 e. The van der Waals surface area contributed by atoms with Gasteiger partial charge in [0.25, 0.3) is 5.91 Å². The van der Waals surface area contributed by atoms with Crippen molar-refractivity contribution >= 4 is 23.5 Å². The minimum absolute atomic E-state index is 0.234. The van der Waals surface area contributed by atoms with Gasteiger partial charge >= 0.3 is 6.03 Å². The van der Waals surface area contributed by atoms with Gasteiger partial charge in [-0.3, -0.25) is 14.5 Å². The number of nitrogens with one attached hydrogen (secondary N) is 2. The number of amides is 4. The Morgan fingerprint density at radius 3 is 2.39 bits per heavy atom. The molecule has 6 nitrogen and oxygen atoms in total. The highest BCUT2D eigenvalue weighted by Crippen LogP contribution is 2.29. The summed E-state index contributed by atoms with van der Waals surface area (Å²) in [5, 5.41) is 5.54. The second-order valence-corrected chi connectivity index (χ2v) is 7.60. The van der Waals surface area contributed by atoms with Gasteiger partial charge in [-0.05, 0) is 37.0 Å². The number of benzene rings is 2. The molecule has 0 saturated carbocycles. The van der Waals surface area contributed by atoms with Gasteiger partial charge in [0.15, 0.2) is 0 Å². The molecule has 0 aromatic heterocycles. The van der Waals surface area contributed by atoms with Crippen LogP contribution in [0.25, 0.3) is 0 Å². The molecule has 2 N–H and O–H groups in total.